The van der Waals surface area contributed by atoms with Gasteiger partial charge in [-0.1, -0.05) is 12.1 Å². The Morgan fingerprint density at radius 3 is 2.81 bits per heavy atom. The SMILES string of the molecule is CC(NCC1(O)CCOC1C)c1ccc(OCC#N)cc1. The zero-order valence-corrected chi connectivity index (χ0v) is 12.5. The van der Waals surface area contributed by atoms with E-state index in [1.54, 1.807) is 0 Å². The van der Waals surface area contributed by atoms with Gasteiger partial charge in [-0.15, -0.1) is 0 Å². The second kappa shape index (κ2) is 6.90. The maximum atomic E-state index is 10.5. The molecule has 2 rings (SSSR count). The molecule has 21 heavy (non-hydrogen) atoms. The molecule has 1 aliphatic rings. The summed E-state index contributed by atoms with van der Waals surface area (Å²) < 4.78 is 10.7. The highest BCUT2D eigenvalue weighted by Gasteiger charge is 2.39. The topological polar surface area (TPSA) is 74.5 Å². The summed E-state index contributed by atoms with van der Waals surface area (Å²) in [6, 6.07) is 9.68. The van der Waals surface area contributed by atoms with E-state index in [1.807, 2.05) is 37.3 Å². The van der Waals surface area contributed by atoms with Gasteiger partial charge in [0, 0.05) is 25.6 Å². The summed E-state index contributed by atoms with van der Waals surface area (Å²) in [6.07, 6.45) is 0.522. The van der Waals surface area contributed by atoms with Crippen LogP contribution in [0.5, 0.6) is 5.75 Å². The van der Waals surface area contributed by atoms with Crippen molar-refractivity contribution in [1.29, 1.82) is 5.26 Å². The maximum Gasteiger partial charge on any atom is 0.174 e. The number of nitrogens with zero attached hydrogens (tertiary/aromatic N) is 1. The van der Waals surface area contributed by atoms with Crippen LogP contribution in [0, 0.1) is 11.3 Å². The quantitative estimate of drug-likeness (QED) is 0.835. The summed E-state index contributed by atoms with van der Waals surface area (Å²) in [4.78, 5) is 0. The van der Waals surface area contributed by atoms with Gasteiger partial charge in [0.15, 0.2) is 6.61 Å². The first-order valence-corrected chi connectivity index (χ1v) is 7.22. The molecule has 1 aliphatic heterocycles. The molecule has 1 aromatic rings. The second-order valence-corrected chi connectivity index (χ2v) is 5.49. The van der Waals surface area contributed by atoms with Crippen molar-refractivity contribution in [2.24, 2.45) is 0 Å². The Kier molecular flexibility index (Phi) is 5.18. The van der Waals surface area contributed by atoms with E-state index in [2.05, 4.69) is 12.2 Å². The third-order valence-electron chi connectivity index (χ3n) is 4.06. The predicted molar refractivity (Wildman–Crippen MR) is 78.9 cm³/mol. The van der Waals surface area contributed by atoms with Crippen molar-refractivity contribution in [2.45, 2.75) is 38.0 Å². The largest absolute Gasteiger partial charge is 0.479 e. The summed E-state index contributed by atoms with van der Waals surface area (Å²) in [5, 5.41) is 22.3. The van der Waals surface area contributed by atoms with Crippen LogP contribution in [0.25, 0.3) is 0 Å². The molecule has 5 nitrogen and oxygen atoms in total. The molecule has 0 amide bonds. The molecule has 0 spiro atoms. The fourth-order valence-corrected chi connectivity index (χ4v) is 2.42. The summed E-state index contributed by atoms with van der Waals surface area (Å²) >= 11 is 0. The van der Waals surface area contributed by atoms with Crippen LogP contribution in [-0.4, -0.2) is 36.6 Å². The number of aliphatic hydroxyl groups is 1. The lowest BCUT2D eigenvalue weighted by Crippen LogP contribution is -2.46. The Bertz CT molecular complexity index is 497. The van der Waals surface area contributed by atoms with E-state index in [9.17, 15) is 5.11 Å². The van der Waals surface area contributed by atoms with Crippen LogP contribution < -0.4 is 10.1 Å². The van der Waals surface area contributed by atoms with Gasteiger partial charge in [-0.2, -0.15) is 5.26 Å². The normalized spacial score (nSPS) is 26.3. The monoisotopic (exact) mass is 290 g/mol. The smallest absolute Gasteiger partial charge is 0.174 e. The number of benzene rings is 1. The van der Waals surface area contributed by atoms with Gasteiger partial charge in [0.05, 0.1) is 6.10 Å². The molecule has 0 aromatic heterocycles. The van der Waals surface area contributed by atoms with E-state index < -0.39 is 5.60 Å². The molecule has 1 saturated heterocycles. The number of hydrogen-bond donors (Lipinski definition) is 2. The highest BCUT2D eigenvalue weighted by molar-refractivity contribution is 5.29. The molecule has 0 radical (unpaired) electrons. The highest BCUT2D eigenvalue weighted by atomic mass is 16.5. The lowest BCUT2D eigenvalue weighted by Gasteiger charge is -2.28. The minimum atomic E-state index is -0.788. The first-order valence-electron chi connectivity index (χ1n) is 7.22. The zero-order chi connectivity index (χ0) is 15.3. The molecule has 3 unspecified atom stereocenters. The standard InChI is InChI=1S/C16H22N2O3/c1-12(18-11-16(19)7-9-20-13(16)2)14-3-5-15(6-4-14)21-10-8-17/h3-6,12-13,18-19H,7,9-11H2,1-2H3. The van der Waals surface area contributed by atoms with E-state index in [4.69, 9.17) is 14.7 Å². The van der Waals surface area contributed by atoms with Crippen molar-refractivity contribution in [2.75, 3.05) is 19.8 Å². The minimum Gasteiger partial charge on any atom is -0.479 e. The predicted octanol–water partition coefficient (Wildman–Crippen LogP) is 1.78. The molecule has 0 aliphatic carbocycles. The lowest BCUT2D eigenvalue weighted by molar-refractivity contribution is -0.0274. The summed E-state index contributed by atoms with van der Waals surface area (Å²) in [6.45, 7) is 5.12. The summed E-state index contributed by atoms with van der Waals surface area (Å²) in [5.74, 6) is 0.684. The van der Waals surface area contributed by atoms with Crippen LogP contribution in [0.1, 0.15) is 31.9 Å². The lowest BCUT2D eigenvalue weighted by atomic mass is 9.96. The van der Waals surface area contributed by atoms with Gasteiger partial charge in [0.2, 0.25) is 0 Å². The Morgan fingerprint density at radius 2 is 2.24 bits per heavy atom. The molecular formula is C16H22N2O3. The fourth-order valence-electron chi connectivity index (χ4n) is 2.42. The van der Waals surface area contributed by atoms with Crippen LogP contribution in [0.4, 0.5) is 0 Å². The molecular weight excluding hydrogens is 268 g/mol. The van der Waals surface area contributed by atoms with Gasteiger partial charge in [0.1, 0.15) is 17.4 Å². The van der Waals surface area contributed by atoms with Gasteiger partial charge >= 0.3 is 0 Å². The van der Waals surface area contributed by atoms with Crippen molar-refractivity contribution in [3.8, 4) is 11.8 Å². The Morgan fingerprint density at radius 1 is 1.52 bits per heavy atom. The van der Waals surface area contributed by atoms with Gasteiger partial charge in [-0.25, -0.2) is 0 Å². The second-order valence-electron chi connectivity index (χ2n) is 5.49. The van der Waals surface area contributed by atoms with Gasteiger partial charge in [-0.3, -0.25) is 0 Å². The number of hydrogen-bond acceptors (Lipinski definition) is 5. The maximum absolute atomic E-state index is 10.5. The first kappa shape index (κ1) is 15.8. The van der Waals surface area contributed by atoms with Crippen molar-refractivity contribution in [3.05, 3.63) is 29.8 Å². The summed E-state index contributed by atoms with van der Waals surface area (Å²) in [7, 11) is 0. The number of nitriles is 1. The number of ether oxygens (including phenoxy) is 2. The molecule has 1 heterocycles. The molecule has 1 aromatic carbocycles. The highest BCUT2D eigenvalue weighted by Crippen LogP contribution is 2.26. The summed E-state index contributed by atoms with van der Waals surface area (Å²) in [5.41, 5.74) is 0.318. The van der Waals surface area contributed by atoms with E-state index in [-0.39, 0.29) is 18.8 Å². The number of rotatable bonds is 6. The molecule has 0 bridgehead atoms. The van der Waals surface area contributed by atoms with E-state index >= 15 is 0 Å². The Labute approximate surface area is 125 Å². The fraction of sp³-hybridized carbons (Fsp3) is 0.562. The van der Waals surface area contributed by atoms with Crippen molar-refractivity contribution in [1.82, 2.24) is 5.32 Å². The zero-order valence-electron chi connectivity index (χ0n) is 12.5. The Balaban J connectivity index is 1.88. The molecule has 2 N–H and O–H groups in total. The molecule has 0 saturated carbocycles. The molecule has 5 heteroatoms. The molecule has 114 valence electrons. The molecule has 1 fully saturated rings. The van der Waals surface area contributed by atoms with Crippen molar-refractivity contribution >= 4 is 0 Å². The van der Waals surface area contributed by atoms with E-state index in [0.717, 1.165) is 5.56 Å². The van der Waals surface area contributed by atoms with Crippen LogP contribution in [0.15, 0.2) is 24.3 Å². The van der Waals surface area contributed by atoms with Gasteiger partial charge < -0.3 is 19.9 Å². The van der Waals surface area contributed by atoms with Crippen LogP contribution in [0.3, 0.4) is 0 Å². The van der Waals surface area contributed by atoms with Crippen LogP contribution >= 0.6 is 0 Å². The van der Waals surface area contributed by atoms with Crippen LogP contribution in [0.2, 0.25) is 0 Å². The van der Waals surface area contributed by atoms with Crippen LogP contribution in [-0.2, 0) is 4.74 Å². The third-order valence-corrected chi connectivity index (χ3v) is 4.06. The Hall–Kier alpha value is -1.61. The van der Waals surface area contributed by atoms with Crippen molar-refractivity contribution in [3.63, 3.8) is 0 Å². The minimum absolute atomic E-state index is 0.0536. The van der Waals surface area contributed by atoms with Gasteiger partial charge in [-0.05, 0) is 31.5 Å². The van der Waals surface area contributed by atoms with Gasteiger partial charge in [0.25, 0.3) is 0 Å². The number of nitrogens with one attached hydrogen (secondary N) is 1. The molecule has 3 atom stereocenters. The van der Waals surface area contributed by atoms with E-state index in [0.29, 0.717) is 25.3 Å². The first-order chi connectivity index (χ1) is 10.0. The average Bonchev–Trinajstić information content (AvgIpc) is 2.83. The third kappa shape index (κ3) is 3.94. The van der Waals surface area contributed by atoms with E-state index in [1.165, 1.54) is 0 Å². The van der Waals surface area contributed by atoms with Crippen molar-refractivity contribution < 1.29 is 14.6 Å². The average molecular weight is 290 g/mol.